The molecule has 11 heteroatoms. The van der Waals surface area contributed by atoms with Crippen LogP contribution >= 0.6 is 0 Å². The molecule has 1 unspecified atom stereocenters. The van der Waals surface area contributed by atoms with E-state index in [1.165, 1.54) is 6.07 Å². The lowest BCUT2D eigenvalue weighted by Gasteiger charge is -2.60. The molecule has 1 aromatic carbocycles. The quantitative estimate of drug-likeness (QED) is 0.330. The zero-order valence-corrected chi connectivity index (χ0v) is 25.9. The van der Waals surface area contributed by atoms with Crippen molar-refractivity contribution in [3.63, 3.8) is 0 Å². The molecule has 2 saturated carbocycles. The number of halogens is 1. The minimum atomic E-state index is -1.39. The molecule has 0 radical (unpaired) electrons. The van der Waals surface area contributed by atoms with E-state index in [0.29, 0.717) is 31.2 Å². The van der Waals surface area contributed by atoms with Gasteiger partial charge in [-0.3, -0.25) is 4.21 Å². The Balaban J connectivity index is 1.63. The average molecular weight is 595 g/mol. The van der Waals surface area contributed by atoms with Gasteiger partial charge in [0, 0.05) is 45.5 Å². The van der Waals surface area contributed by atoms with Crippen molar-refractivity contribution in [1.29, 1.82) is 0 Å². The number of ketones is 1. The van der Waals surface area contributed by atoms with Crippen LogP contribution in [0, 0.1) is 33.9 Å². The number of carbonyl (C=O) groups excluding carboxylic acids is 2. The Kier molecular flexibility index (Phi) is 9.44. The largest absolute Gasteiger partial charge is 0.494 e. The highest BCUT2D eigenvalue weighted by molar-refractivity contribution is 7.84. The molecule has 2 fully saturated rings. The monoisotopic (exact) mass is 594 g/mol. The number of ether oxygens (including phenoxy) is 2. The zero-order valence-electron chi connectivity index (χ0n) is 25.0. The average Bonchev–Trinajstić information content (AvgIpc) is 3.28. The van der Waals surface area contributed by atoms with Crippen LogP contribution < -0.4 is 10.2 Å². The molecule has 8 atom stereocenters. The van der Waals surface area contributed by atoms with Gasteiger partial charge in [0.1, 0.15) is 11.9 Å². The molecule has 2 N–H and O–H groups in total. The van der Waals surface area contributed by atoms with Gasteiger partial charge in [0.05, 0.1) is 12.7 Å². The van der Waals surface area contributed by atoms with E-state index in [1.807, 2.05) is 13.8 Å². The van der Waals surface area contributed by atoms with Crippen molar-refractivity contribution < 1.29 is 42.4 Å². The summed E-state index contributed by atoms with van der Waals surface area (Å²) in [5, 5.41) is 21.8. The molecule has 3 aliphatic rings. The smallest absolute Gasteiger partial charge is 0.479 e. The number of fused-ring (bicyclic) bond motifs is 3. The van der Waals surface area contributed by atoms with E-state index in [4.69, 9.17) is 14.1 Å². The first kappa shape index (κ1) is 32.1. The summed E-state index contributed by atoms with van der Waals surface area (Å²) in [4.78, 5) is 25.3. The number of hydrogen-bond donors (Lipinski definition) is 2. The third kappa shape index (κ3) is 6.29. The number of Topliss-reactive ketones (excluding diaryl/α,β-unsaturated/α-hetero) is 1. The van der Waals surface area contributed by atoms with Crippen LogP contribution in [0.25, 0.3) is 0 Å². The maximum atomic E-state index is 15.0. The number of aliphatic hydroxyl groups excluding tert-OH is 1. The molecular formula is C30H44BFO8S. The van der Waals surface area contributed by atoms with Crippen LogP contribution in [0.15, 0.2) is 12.1 Å². The molecule has 1 aliphatic heterocycles. The van der Waals surface area contributed by atoms with Gasteiger partial charge >= 0.3 is 13.1 Å². The van der Waals surface area contributed by atoms with Crippen LogP contribution in [-0.2, 0) is 36.4 Å². The first-order valence-electron chi connectivity index (χ1n) is 14.5. The van der Waals surface area contributed by atoms with Gasteiger partial charge in [-0.2, -0.15) is 0 Å². The zero-order chi connectivity index (χ0) is 30.3. The van der Waals surface area contributed by atoms with Crippen LogP contribution in [0.1, 0.15) is 78.7 Å². The lowest BCUT2D eigenvalue weighted by Crippen LogP contribution is -2.59. The standard InChI is InChI=1S/C30H44BFO8S/c1-18-9-11-30(12-10-19(2)33)16-29(18,5)23(13-28(4,17-41(6)37)27(35)20(30)3)40-24(34)15-38-22-8-7-21-14-39-31(36)25(21)26(22)32/h7-8,18,20,23,27,35-36H,9-17H2,1-6H3/t18-,20+,23-,27+,28+,29+,30-,41?/m1/s1. The fraction of sp³-hybridized carbons (Fsp3) is 0.733. The van der Waals surface area contributed by atoms with Crippen molar-refractivity contribution in [2.24, 2.45) is 28.1 Å². The Hall–Kier alpha value is -1.82. The van der Waals surface area contributed by atoms with Gasteiger partial charge in [-0.1, -0.05) is 33.8 Å². The Morgan fingerprint density at radius 2 is 1.98 bits per heavy atom. The van der Waals surface area contributed by atoms with E-state index in [1.54, 1.807) is 19.2 Å². The van der Waals surface area contributed by atoms with Crippen molar-refractivity contribution in [2.45, 2.75) is 92.0 Å². The third-order valence-corrected chi connectivity index (χ3v) is 11.5. The molecule has 0 spiro atoms. The number of rotatable bonds is 9. The Bertz CT molecular complexity index is 1200. The second-order valence-corrected chi connectivity index (χ2v) is 14.8. The van der Waals surface area contributed by atoms with Gasteiger partial charge in [0.15, 0.2) is 18.2 Å². The highest BCUT2D eigenvalue weighted by atomic mass is 32.2. The molecule has 1 aromatic rings. The molecular weight excluding hydrogens is 550 g/mol. The lowest BCUT2D eigenvalue weighted by molar-refractivity contribution is -0.193. The van der Waals surface area contributed by atoms with E-state index in [0.717, 1.165) is 12.8 Å². The second kappa shape index (κ2) is 12.1. The lowest BCUT2D eigenvalue weighted by atomic mass is 9.47. The predicted octanol–water partition coefficient (Wildman–Crippen LogP) is 3.30. The summed E-state index contributed by atoms with van der Waals surface area (Å²) in [6.07, 6.45) is 3.89. The van der Waals surface area contributed by atoms with Crippen molar-refractivity contribution in [2.75, 3.05) is 18.6 Å². The molecule has 2 bridgehead atoms. The summed E-state index contributed by atoms with van der Waals surface area (Å²) in [5.74, 6) is -1.27. The van der Waals surface area contributed by atoms with Gasteiger partial charge in [-0.05, 0) is 67.9 Å². The molecule has 1 heterocycles. The molecule has 41 heavy (non-hydrogen) atoms. The number of hydrogen-bond acceptors (Lipinski definition) is 8. The Morgan fingerprint density at radius 1 is 1.27 bits per heavy atom. The summed E-state index contributed by atoms with van der Waals surface area (Å²) in [7, 11) is -2.61. The molecule has 8 nitrogen and oxygen atoms in total. The van der Waals surface area contributed by atoms with Crippen molar-refractivity contribution >= 4 is 35.1 Å². The fourth-order valence-corrected chi connectivity index (χ4v) is 8.96. The molecule has 4 rings (SSSR count). The maximum absolute atomic E-state index is 15.0. The summed E-state index contributed by atoms with van der Waals surface area (Å²) in [6, 6.07) is 2.99. The van der Waals surface area contributed by atoms with Gasteiger partial charge in [0.2, 0.25) is 0 Å². The maximum Gasteiger partial charge on any atom is 0.494 e. The van der Waals surface area contributed by atoms with Gasteiger partial charge in [0.25, 0.3) is 0 Å². The highest BCUT2D eigenvalue weighted by Crippen LogP contribution is 2.62. The number of esters is 1. The second-order valence-electron chi connectivity index (χ2n) is 13.4. The van der Waals surface area contributed by atoms with E-state index in [2.05, 4.69) is 13.8 Å². The molecule has 0 amide bonds. The van der Waals surface area contributed by atoms with E-state index in [-0.39, 0.29) is 46.6 Å². The van der Waals surface area contributed by atoms with Crippen LogP contribution in [0.4, 0.5) is 4.39 Å². The number of carbonyl (C=O) groups is 2. The summed E-state index contributed by atoms with van der Waals surface area (Å²) < 4.78 is 44.3. The fourth-order valence-electron chi connectivity index (χ4n) is 7.74. The minimum absolute atomic E-state index is 0.00719. The van der Waals surface area contributed by atoms with Crippen molar-refractivity contribution in [3.8, 4) is 5.75 Å². The first-order chi connectivity index (χ1) is 19.1. The van der Waals surface area contributed by atoms with Crippen LogP contribution in [0.5, 0.6) is 5.75 Å². The highest BCUT2D eigenvalue weighted by Gasteiger charge is 2.59. The molecule has 2 aliphatic carbocycles. The van der Waals surface area contributed by atoms with E-state index in [9.17, 15) is 28.3 Å². The molecule has 0 saturated heterocycles. The third-order valence-electron chi connectivity index (χ3n) is 10.5. The minimum Gasteiger partial charge on any atom is -0.479 e. The van der Waals surface area contributed by atoms with Crippen molar-refractivity contribution in [3.05, 3.63) is 23.5 Å². The number of aliphatic hydroxyl groups is 1. The van der Waals surface area contributed by atoms with Gasteiger partial charge in [-0.15, -0.1) is 0 Å². The van der Waals surface area contributed by atoms with Crippen LogP contribution in [0.3, 0.4) is 0 Å². The van der Waals surface area contributed by atoms with Crippen LogP contribution in [-0.4, -0.2) is 64.0 Å². The summed E-state index contributed by atoms with van der Waals surface area (Å²) in [5.41, 5.74) is -1.11. The predicted molar refractivity (Wildman–Crippen MR) is 154 cm³/mol. The van der Waals surface area contributed by atoms with E-state index >= 15 is 0 Å². The molecule has 0 aromatic heterocycles. The van der Waals surface area contributed by atoms with Crippen LogP contribution in [0.2, 0.25) is 0 Å². The number of benzene rings is 1. The summed E-state index contributed by atoms with van der Waals surface area (Å²) >= 11 is 0. The van der Waals surface area contributed by atoms with Gasteiger partial charge < -0.3 is 29.1 Å². The van der Waals surface area contributed by atoms with Crippen molar-refractivity contribution in [1.82, 2.24) is 0 Å². The topological polar surface area (TPSA) is 119 Å². The summed E-state index contributed by atoms with van der Waals surface area (Å²) in [6.45, 7) is 9.36. The Morgan fingerprint density at radius 3 is 2.63 bits per heavy atom. The first-order valence-corrected chi connectivity index (χ1v) is 16.3. The normalized spacial score (nSPS) is 35.7. The van der Waals surface area contributed by atoms with Gasteiger partial charge in [-0.25, -0.2) is 9.18 Å². The Labute approximate surface area is 245 Å². The molecule has 228 valence electrons. The van der Waals surface area contributed by atoms with E-state index < -0.39 is 59.3 Å². The SMILES string of the molecule is CC(=O)CC[C@]12CC[C@@H](C)[C@](C)(C1)[C@H](OC(=O)COc1ccc3c(c1F)B(O)OC3)C[C@@](C)(CS(C)=O)[C@@H](O)[C@@H]2C.